The van der Waals surface area contributed by atoms with E-state index in [2.05, 4.69) is 31.2 Å². The largest absolute Gasteiger partial charge is 0.381 e. The van der Waals surface area contributed by atoms with Crippen molar-refractivity contribution in [1.82, 2.24) is 9.78 Å². The SMILES string of the molecule is CC(C)n1ccc(C2CCOCC2)n1. The van der Waals surface area contributed by atoms with E-state index in [1.807, 2.05) is 4.68 Å². The molecule has 0 radical (unpaired) electrons. The first-order valence-corrected chi connectivity index (χ1v) is 5.40. The van der Waals surface area contributed by atoms with Crippen molar-refractivity contribution < 1.29 is 4.74 Å². The first-order valence-electron chi connectivity index (χ1n) is 5.40. The number of ether oxygens (including phenoxy) is 1. The molecule has 78 valence electrons. The zero-order chi connectivity index (χ0) is 9.97. The lowest BCUT2D eigenvalue weighted by atomic mass is 9.97. The molecule has 0 aliphatic carbocycles. The van der Waals surface area contributed by atoms with Crippen molar-refractivity contribution in [3.63, 3.8) is 0 Å². The summed E-state index contributed by atoms with van der Waals surface area (Å²) in [6.45, 7) is 6.08. The van der Waals surface area contributed by atoms with Gasteiger partial charge < -0.3 is 4.74 Å². The summed E-state index contributed by atoms with van der Waals surface area (Å²) in [4.78, 5) is 0. The Labute approximate surface area is 85.1 Å². The lowest BCUT2D eigenvalue weighted by Gasteiger charge is -2.20. The monoisotopic (exact) mass is 194 g/mol. The third kappa shape index (κ3) is 1.98. The van der Waals surface area contributed by atoms with Gasteiger partial charge in [0.1, 0.15) is 0 Å². The third-order valence-corrected chi connectivity index (χ3v) is 2.80. The molecule has 0 amide bonds. The minimum absolute atomic E-state index is 0.462. The van der Waals surface area contributed by atoms with Crippen LogP contribution in [-0.4, -0.2) is 23.0 Å². The molecule has 3 nitrogen and oxygen atoms in total. The molecule has 1 aliphatic rings. The molecule has 3 heteroatoms. The predicted octanol–water partition coefficient (Wildman–Crippen LogP) is 2.36. The molecule has 1 aliphatic heterocycles. The Morgan fingerprint density at radius 2 is 2.14 bits per heavy atom. The second-order valence-electron chi connectivity index (χ2n) is 4.20. The van der Waals surface area contributed by atoms with E-state index < -0.39 is 0 Å². The van der Waals surface area contributed by atoms with Crippen molar-refractivity contribution in [2.75, 3.05) is 13.2 Å². The Bertz CT molecular complexity index is 287. The quantitative estimate of drug-likeness (QED) is 0.722. The summed E-state index contributed by atoms with van der Waals surface area (Å²) in [7, 11) is 0. The Hall–Kier alpha value is -0.830. The van der Waals surface area contributed by atoms with E-state index in [4.69, 9.17) is 4.74 Å². The van der Waals surface area contributed by atoms with E-state index >= 15 is 0 Å². The number of rotatable bonds is 2. The Kier molecular flexibility index (Phi) is 2.87. The fourth-order valence-electron chi connectivity index (χ4n) is 1.85. The second-order valence-corrected chi connectivity index (χ2v) is 4.20. The standard InChI is InChI=1S/C11H18N2O/c1-9(2)13-6-3-11(12-13)10-4-7-14-8-5-10/h3,6,9-10H,4-5,7-8H2,1-2H3. The summed E-state index contributed by atoms with van der Waals surface area (Å²) in [5, 5.41) is 4.59. The Balaban J connectivity index is 2.07. The van der Waals surface area contributed by atoms with Crippen LogP contribution in [-0.2, 0) is 4.74 Å². The molecule has 2 heterocycles. The fraction of sp³-hybridized carbons (Fsp3) is 0.727. The topological polar surface area (TPSA) is 27.1 Å². The fourth-order valence-corrected chi connectivity index (χ4v) is 1.85. The van der Waals surface area contributed by atoms with Gasteiger partial charge in [-0.2, -0.15) is 5.10 Å². The predicted molar refractivity (Wildman–Crippen MR) is 55.4 cm³/mol. The normalized spacial score (nSPS) is 19.1. The highest BCUT2D eigenvalue weighted by atomic mass is 16.5. The molecule has 1 fully saturated rings. The molecule has 0 spiro atoms. The molecule has 1 aromatic heterocycles. The number of hydrogen-bond donors (Lipinski definition) is 0. The Morgan fingerprint density at radius 1 is 1.43 bits per heavy atom. The van der Waals surface area contributed by atoms with Crippen molar-refractivity contribution in [1.29, 1.82) is 0 Å². The van der Waals surface area contributed by atoms with Crippen LogP contribution < -0.4 is 0 Å². The highest BCUT2D eigenvalue weighted by molar-refractivity contribution is 5.07. The van der Waals surface area contributed by atoms with E-state index in [1.54, 1.807) is 0 Å². The summed E-state index contributed by atoms with van der Waals surface area (Å²) in [6.07, 6.45) is 4.32. The lowest BCUT2D eigenvalue weighted by molar-refractivity contribution is 0.0843. The average molecular weight is 194 g/mol. The van der Waals surface area contributed by atoms with Gasteiger partial charge in [-0.1, -0.05) is 0 Å². The minimum Gasteiger partial charge on any atom is -0.381 e. The van der Waals surface area contributed by atoms with Gasteiger partial charge in [-0.05, 0) is 32.8 Å². The molecular formula is C11H18N2O. The number of nitrogens with zero attached hydrogens (tertiary/aromatic N) is 2. The van der Waals surface area contributed by atoms with Gasteiger partial charge in [0.25, 0.3) is 0 Å². The van der Waals surface area contributed by atoms with Gasteiger partial charge in [0.2, 0.25) is 0 Å². The highest BCUT2D eigenvalue weighted by Crippen LogP contribution is 2.25. The van der Waals surface area contributed by atoms with Crippen LogP contribution in [0.2, 0.25) is 0 Å². The summed E-state index contributed by atoms with van der Waals surface area (Å²) in [6, 6.07) is 2.61. The first-order chi connectivity index (χ1) is 6.77. The molecule has 0 unspecified atom stereocenters. The van der Waals surface area contributed by atoms with Crippen LogP contribution in [0.1, 0.15) is 44.3 Å². The zero-order valence-corrected chi connectivity index (χ0v) is 8.94. The highest BCUT2D eigenvalue weighted by Gasteiger charge is 2.18. The van der Waals surface area contributed by atoms with E-state index in [0.717, 1.165) is 26.1 Å². The van der Waals surface area contributed by atoms with Crippen LogP contribution in [0.4, 0.5) is 0 Å². The van der Waals surface area contributed by atoms with Crippen molar-refractivity contribution >= 4 is 0 Å². The first kappa shape index (κ1) is 9.71. The van der Waals surface area contributed by atoms with Gasteiger partial charge in [-0.3, -0.25) is 4.68 Å². The molecule has 0 bridgehead atoms. The zero-order valence-electron chi connectivity index (χ0n) is 8.94. The van der Waals surface area contributed by atoms with E-state index in [9.17, 15) is 0 Å². The van der Waals surface area contributed by atoms with Gasteiger partial charge in [0, 0.05) is 31.4 Å². The molecule has 2 rings (SSSR count). The molecule has 0 N–H and O–H groups in total. The van der Waals surface area contributed by atoms with E-state index in [0.29, 0.717) is 12.0 Å². The molecule has 0 aromatic carbocycles. The van der Waals surface area contributed by atoms with Crippen molar-refractivity contribution in [3.8, 4) is 0 Å². The molecule has 1 saturated heterocycles. The molecule has 1 aromatic rings. The molecule has 0 saturated carbocycles. The maximum atomic E-state index is 5.34. The smallest absolute Gasteiger partial charge is 0.0657 e. The number of hydrogen-bond acceptors (Lipinski definition) is 2. The van der Waals surface area contributed by atoms with Crippen molar-refractivity contribution in [2.24, 2.45) is 0 Å². The van der Waals surface area contributed by atoms with Crippen LogP contribution in [0.25, 0.3) is 0 Å². The van der Waals surface area contributed by atoms with Crippen molar-refractivity contribution in [3.05, 3.63) is 18.0 Å². The van der Waals surface area contributed by atoms with Crippen LogP contribution in [0, 0.1) is 0 Å². The van der Waals surface area contributed by atoms with E-state index in [-0.39, 0.29) is 0 Å². The Morgan fingerprint density at radius 3 is 2.71 bits per heavy atom. The van der Waals surface area contributed by atoms with Gasteiger partial charge in [0.15, 0.2) is 0 Å². The summed E-state index contributed by atoms with van der Waals surface area (Å²) in [5.74, 6) is 0.615. The van der Waals surface area contributed by atoms with Gasteiger partial charge >= 0.3 is 0 Å². The van der Waals surface area contributed by atoms with Gasteiger partial charge in [0.05, 0.1) is 5.69 Å². The van der Waals surface area contributed by atoms with E-state index in [1.165, 1.54) is 5.69 Å². The second kappa shape index (κ2) is 4.13. The molecule has 14 heavy (non-hydrogen) atoms. The molecule has 0 atom stereocenters. The van der Waals surface area contributed by atoms with Gasteiger partial charge in [-0.15, -0.1) is 0 Å². The summed E-state index contributed by atoms with van der Waals surface area (Å²) < 4.78 is 7.37. The van der Waals surface area contributed by atoms with Crippen LogP contribution in [0.15, 0.2) is 12.3 Å². The van der Waals surface area contributed by atoms with Gasteiger partial charge in [-0.25, -0.2) is 0 Å². The number of aromatic nitrogens is 2. The summed E-state index contributed by atoms with van der Waals surface area (Å²) >= 11 is 0. The summed E-state index contributed by atoms with van der Waals surface area (Å²) in [5.41, 5.74) is 1.24. The van der Waals surface area contributed by atoms with Crippen molar-refractivity contribution in [2.45, 2.75) is 38.6 Å². The van der Waals surface area contributed by atoms with Crippen LogP contribution in [0.3, 0.4) is 0 Å². The molecular weight excluding hydrogens is 176 g/mol. The third-order valence-electron chi connectivity index (χ3n) is 2.80. The maximum absolute atomic E-state index is 5.34. The van der Waals surface area contributed by atoms with Crippen LogP contribution in [0.5, 0.6) is 0 Å². The maximum Gasteiger partial charge on any atom is 0.0657 e. The average Bonchev–Trinajstić information content (AvgIpc) is 2.68. The lowest BCUT2D eigenvalue weighted by Crippen LogP contribution is -2.15. The van der Waals surface area contributed by atoms with Crippen LogP contribution >= 0.6 is 0 Å². The minimum atomic E-state index is 0.462.